The predicted molar refractivity (Wildman–Crippen MR) is 73.3 cm³/mol. The number of thiophene rings is 1. The molecule has 0 saturated heterocycles. The molecule has 0 radical (unpaired) electrons. The van der Waals surface area contributed by atoms with E-state index in [0.717, 1.165) is 24.1 Å². The van der Waals surface area contributed by atoms with Gasteiger partial charge in [-0.3, -0.25) is 4.79 Å². The van der Waals surface area contributed by atoms with Crippen molar-refractivity contribution in [3.05, 3.63) is 21.9 Å². The molecule has 0 saturated carbocycles. The SMILES string of the molecule is CCCCC(CN)NC(=O)Cc1ccc(C)s1. The molecule has 1 unspecified atom stereocenters. The lowest BCUT2D eigenvalue weighted by molar-refractivity contribution is -0.121. The van der Waals surface area contributed by atoms with Crippen molar-refractivity contribution in [2.45, 2.75) is 45.6 Å². The van der Waals surface area contributed by atoms with E-state index in [0.29, 0.717) is 13.0 Å². The molecule has 0 aliphatic carbocycles. The number of aryl methyl sites for hydroxylation is 1. The van der Waals surface area contributed by atoms with Crippen molar-refractivity contribution < 1.29 is 4.79 Å². The van der Waals surface area contributed by atoms with Crippen molar-refractivity contribution in [3.8, 4) is 0 Å². The summed E-state index contributed by atoms with van der Waals surface area (Å²) < 4.78 is 0. The molecule has 1 heterocycles. The standard InChI is InChI=1S/C13H22N2OS/c1-3-4-5-11(9-14)15-13(16)8-12-7-6-10(2)17-12/h6-7,11H,3-5,8-9,14H2,1-2H3,(H,15,16). The first kappa shape index (κ1) is 14.2. The molecule has 0 aliphatic rings. The maximum absolute atomic E-state index is 11.8. The number of carbonyl (C=O) groups excluding carboxylic acids is 1. The van der Waals surface area contributed by atoms with Crippen molar-refractivity contribution in [2.75, 3.05) is 6.54 Å². The Hall–Kier alpha value is -0.870. The zero-order chi connectivity index (χ0) is 12.7. The Morgan fingerprint density at radius 3 is 2.82 bits per heavy atom. The normalized spacial score (nSPS) is 12.4. The highest BCUT2D eigenvalue weighted by atomic mass is 32.1. The van der Waals surface area contributed by atoms with Crippen molar-refractivity contribution in [3.63, 3.8) is 0 Å². The maximum Gasteiger partial charge on any atom is 0.225 e. The van der Waals surface area contributed by atoms with Crippen LogP contribution in [0.25, 0.3) is 0 Å². The molecule has 0 aromatic carbocycles. The Kier molecular flexibility index (Phi) is 6.22. The summed E-state index contributed by atoms with van der Waals surface area (Å²) in [6.07, 6.45) is 3.69. The molecule has 1 amide bonds. The third-order valence-electron chi connectivity index (χ3n) is 2.69. The van der Waals surface area contributed by atoms with E-state index < -0.39 is 0 Å². The number of nitrogens with one attached hydrogen (secondary N) is 1. The zero-order valence-electron chi connectivity index (χ0n) is 10.7. The molecular formula is C13H22N2OS. The van der Waals surface area contributed by atoms with Gasteiger partial charge in [0.15, 0.2) is 0 Å². The molecule has 17 heavy (non-hydrogen) atoms. The molecule has 1 atom stereocenters. The highest BCUT2D eigenvalue weighted by Crippen LogP contribution is 2.15. The Labute approximate surface area is 107 Å². The topological polar surface area (TPSA) is 55.1 Å². The van der Waals surface area contributed by atoms with Gasteiger partial charge >= 0.3 is 0 Å². The summed E-state index contributed by atoms with van der Waals surface area (Å²) in [5, 5.41) is 3.00. The minimum Gasteiger partial charge on any atom is -0.352 e. The van der Waals surface area contributed by atoms with Crippen LogP contribution in [0.2, 0.25) is 0 Å². The first-order valence-corrected chi connectivity index (χ1v) is 7.02. The first-order chi connectivity index (χ1) is 8.15. The second-order valence-corrected chi connectivity index (χ2v) is 5.70. The van der Waals surface area contributed by atoms with Gasteiger partial charge in [-0.15, -0.1) is 11.3 Å². The molecule has 0 aliphatic heterocycles. The van der Waals surface area contributed by atoms with Gasteiger partial charge in [0.1, 0.15) is 0 Å². The summed E-state index contributed by atoms with van der Waals surface area (Å²) in [5.41, 5.74) is 5.65. The van der Waals surface area contributed by atoms with Gasteiger partial charge in [0.05, 0.1) is 6.42 Å². The molecule has 1 aromatic rings. The van der Waals surface area contributed by atoms with E-state index in [-0.39, 0.29) is 11.9 Å². The number of carbonyl (C=O) groups is 1. The lowest BCUT2D eigenvalue weighted by Crippen LogP contribution is -2.40. The Morgan fingerprint density at radius 2 is 2.29 bits per heavy atom. The number of nitrogens with two attached hydrogens (primary N) is 1. The molecule has 96 valence electrons. The lowest BCUT2D eigenvalue weighted by atomic mass is 10.1. The molecule has 0 bridgehead atoms. The predicted octanol–water partition coefficient (Wildman–Crippen LogP) is 2.23. The maximum atomic E-state index is 11.8. The van der Waals surface area contributed by atoms with Crippen LogP contribution in [0, 0.1) is 6.92 Å². The van der Waals surface area contributed by atoms with Crippen molar-refractivity contribution in [2.24, 2.45) is 5.73 Å². The Balaban J connectivity index is 2.37. The van der Waals surface area contributed by atoms with Gasteiger partial charge in [-0.2, -0.15) is 0 Å². The largest absolute Gasteiger partial charge is 0.352 e. The average Bonchev–Trinajstić information content (AvgIpc) is 2.69. The van der Waals surface area contributed by atoms with Crippen LogP contribution >= 0.6 is 11.3 Å². The first-order valence-electron chi connectivity index (χ1n) is 6.20. The molecule has 1 aromatic heterocycles. The summed E-state index contributed by atoms with van der Waals surface area (Å²) >= 11 is 1.68. The smallest absolute Gasteiger partial charge is 0.225 e. The van der Waals surface area contributed by atoms with Gasteiger partial charge in [0.25, 0.3) is 0 Å². The van der Waals surface area contributed by atoms with E-state index >= 15 is 0 Å². The van der Waals surface area contributed by atoms with Gasteiger partial charge in [-0.25, -0.2) is 0 Å². The van der Waals surface area contributed by atoms with Crippen LogP contribution in [0.1, 0.15) is 35.9 Å². The summed E-state index contributed by atoms with van der Waals surface area (Å²) in [6.45, 7) is 4.72. The third kappa shape index (κ3) is 5.33. The van der Waals surface area contributed by atoms with Gasteiger partial charge in [-0.05, 0) is 25.5 Å². The molecule has 3 N–H and O–H groups in total. The van der Waals surface area contributed by atoms with E-state index in [1.165, 1.54) is 4.88 Å². The van der Waals surface area contributed by atoms with Crippen LogP contribution in [0.5, 0.6) is 0 Å². The molecule has 3 nitrogen and oxygen atoms in total. The van der Waals surface area contributed by atoms with E-state index in [1.54, 1.807) is 11.3 Å². The number of rotatable bonds is 7. The second-order valence-electron chi connectivity index (χ2n) is 4.33. The minimum atomic E-state index is 0.0819. The van der Waals surface area contributed by atoms with Crippen LogP contribution in [0.3, 0.4) is 0 Å². The third-order valence-corrected chi connectivity index (χ3v) is 3.69. The zero-order valence-corrected chi connectivity index (χ0v) is 11.5. The minimum absolute atomic E-state index is 0.0819. The van der Waals surface area contributed by atoms with E-state index in [1.807, 2.05) is 12.1 Å². The number of unbranched alkanes of at least 4 members (excludes halogenated alkanes) is 1. The van der Waals surface area contributed by atoms with Gasteiger partial charge < -0.3 is 11.1 Å². The molecule has 0 fully saturated rings. The molecule has 0 spiro atoms. The van der Waals surface area contributed by atoms with Crippen LogP contribution in [-0.2, 0) is 11.2 Å². The molecule has 4 heteroatoms. The van der Waals surface area contributed by atoms with E-state index in [2.05, 4.69) is 19.2 Å². The fourth-order valence-electron chi connectivity index (χ4n) is 1.72. The molecule has 1 rings (SSSR count). The van der Waals surface area contributed by atoms with Crippen molar-refractivity contribution >= 4 is 17.2 Å². The van der Waals surface area contributed by atoms with E-state index in [9.17, 15) is 4.79 Å². The van der Waals surface area contributed by atoms with Gasteiger partial charge in [0, 0.05) is 22.3 Å². The summed E-state index contributed by atoms with van der Waals surface area (Å²) in [5.74, 6) is 0.0819. The number of hydrogen-bond donors (Lipinski definition) is 2. The fourth-order valence-corrected chi connectivity index (χ4v) is 2.61. The van der Waals surface area contributed by atoms with Crippen molar-refractivity contribution in [1.82, 2.24) is 5.32 Å². The summed E-state index contributed by atoms with van der Waals surface area (Å²) in [6, 6.07) is 4.19. The van der Waals surface area contributed by atoms with Gasteiger partial charge in [-0.1, -0.05) is 19.8 Å². The average molecular weight is 254 g/mol. The van der Waals surface area contributed by atoms with Crippen molar-refractivity contribution in [1.29, 1.82) is 0 Å². The highest BCUT2D eigenvalue weighted by molar-refractivity contribution is 7.12. The lowest BCUT2D eigenvalue weighted by Gasteiger charge is -2.16. The van der Waals surface area contributed by atoms with E-state index in [4.69, 9.17) is 5.73 Å². The summed E-state index contributed by atoms with van der Waals surface area (Å²) in [4.78, 5) is 14.2. The monoisotopic (exact) mass is 254 g/mol. The van der Waals surface area contributed by atoms with Crippen LogP contribution in [0.15, 0.2) is 12.1 Å². The van der Waals surface area contributed by atoms with Crippen LogP contribution in [-0.4, -0.2) is 18.5 Å². The van der Waals surface area contributed by atoms with Gasteiger partial charge in [0.2, 0.25) is 5.91 Å². The quantitative estimate of drug-likeness (QED) is 0.784. The Bertz CT molecular complexity index is 349. The number of amides is 1. The highest BCUT2D eigenvalue weighted by Gasteiger charge is 2.11. The van der Waals surface area contributed by atoms with Crippen LogP contribution in [0.4, 0.5) is 0 Å². The summed E-state index contributed by atoms with van der Waals surface area (Å²) in [7, 11) is 0. The molecular weight excluding hydrogens is 232 g/mol. The number of hydrogen-bond acceptors (Lipinski definition) is 3. The fraction of sp³-hybridized carbons (Fsp3) is 0.615. The van der Waals surface area contributed by atoms with Crippen LogP contribution < -0.4 is 11.1 Å². The Morgan fingerprint density at radius 1 is 1.53 bits per heavy atom. The second kappa shape index (κ2) is 7.45.